The number of hydrogen-bond acceptors (Lipinski definition) is 7. The number of benzene rings is 1. The summed E-state index contributed by atoms with van der Waals surface area (Å²) in [6.07, 6.45) is 1.74. The molecule has 26 heavy (non-hydrogen) atoms. The Bertz CT molecular complexity index is 856. The summed E-state index contributed by atoms with van der Waals surface area (Å²) in [5.41, 5.74) is 17.5. The summed E-state index contributed by atoms with van der Waals surface area (Å²) in [6, 6.07) is 6.34. The van der Waals surface area contributed by atoms with E-state index in [0.29, 0.717) is 17.7 Å². The van der Waals surface area contributed by atoms with Crippen molar-refractivity contribution in [3.63, 3.8) is 0 Å². The molecule has 0 radical (unpaired) electrons. The summed E-state index contributed by atoms with van der Waals surface area (Å²) in [6.45, 7) is 1.79. The first-order valence-electron chi connectivity index (χ1n) is 7.72. The lowest BCUT2D eigenvalue weighted by Crippen LogP contribution is -2.35. The molecule has 2 rings (SSSR count). The van der Waals surface area contributed by atoms with E-state index in [4.69, 9.17) is 29.4 Å². The molecular formula is C16H19N7O2S. The van der Waals surface area contributed by atoms with E-state index in [9.17, 15) is 9.59 Å². The Morgan fingerprint density at radius 3 is 2.54 bits per heavy atom. The Morgan fingerprint density at radius 2 is 1.96 bits per heavy atom. The van der Waals surface area contributed by atoms with Gasteiger partial charge in [-0.25, -0.2) is 9.97 Å². The standard InChI is InChI=1S/C16H19N7O2S/c1-2-10(13(18)24)21-11-7-20-12(14(19)25)15(22-11)23-16(26)8-5-3-4-6-9(8)17/h3-7,10H,2,17H2,1H3,(H2,18,24)(H2,19,25)(H2,21,22,23,26). The minimum Gasteiger partial charge on any atom is -0.398 e. The fourth-order valence-corrected chi connectivity index (χ4v) is 2.44. The molecule has 136 valence electrons. The first-order valence-corrected chi connectivity index (χ1v) is 8.12. The summed E-state index contributed by atoms with van der Waals surface area (Å²) >= 11 is 5.33. The van der Waals surface area contributed by atoms with Crippen molar-refractivity contribution in [3.05, 3.63) is 41.7 Å². The number of amides is 2. The van der Waals surface area contributed by atoms with E-state index in [-0.39, 0.29) is 22.3 Å². The van der Waals surface area contributed by atoms with E-state index >= 15 is 0 Å². The lowest BCUT2D eigenvalue weighted by molar-refractivity contribution is -0.118. The van der Waals surface area contributed by atoms with Gasteiger partial charge in [0.2, 0.25) is 5.91 Å². The lowest BCUT2D eigenvalue weighted by Gasteiger charge is -2.16. The van der Waals surface area contributed by atoms with Crippen LogP contribution in [0.15, 0.2) is 30.5 Å². The number of para-hydroxylation sites is 1. The SMILES string of the molecule is CCC(Nc1cnc(C(N)=O)c(NC(=S)c2ccccc2N)n1)C(N)=O. The van der Waals surface area contributed by atoms with Gasteiger partial charge < -0.3 is 27.8 Å². The minimum atomic E-state index is -0.780. The Balaban J connectivity index is 2.34. The van der Waals surface area contributed by atoms with Gasteiger partial charge in [-0.3, -0.25) is 9.59 Å². The highest BCUT2D eigenvalue weighted by Gasteiger charge is 2.18. The third-order valence-corrected chi connectivity index (χ3v) is 3.84. The number of hydrogen-bond donors (Lipinski definition) is 5. The third kappa shape index (κ3) is 4.42. The molecule has 2 amide bonds. The van der Waals surface area contributed by atoms with Gasteiger partial charge in [-0.05, 0) is 18.6 Å². The fraction of sp³-hybridized carbons (Fsp3) is 0.188. The number of nitrogens with two attached hydrogens (primary N) is 3. The average Bonchev–Trinajstić information content (AvgIpc) is 2.59. The molecule has 0 aliphatic carbocycles. The molecule has 8 N–H and O–H groups in total. The third-order valence-electron chi connectivity index (χ3n) is 3.52. The average molecular weight is 373 g/mol. The number of carbonyl (C=O) groups excluding carboxylic acids is 2. The second kappa shape index (κ2) is 8.21. The Kier molecular flexibility index (Phi) is 6.02. The zero-order chi connectivity index (χ0) is 19.3. The first kappa shape index (κ1) is 19.1. The number of nitrogens with zero attached hydrogens (tertiary/aromatic N) is 2. The highest BCUT2D eigenvalue weighted by atomic mass is 32.1. The number of rotatable bonds is 7. The van der Waals surface area contributed by atoms with Crippen LogP contribution in [-0.4, -0.2) is 32.8 Å². The molecule has 2 aromatic rings. The van der Waals surface area contributed by atoms with Gasteiger partial charge in [-0.1, -0.05) is 31.3 Å². The smallest absolute Gasteiger partial charge is 0.271 e. The van der Waals surface area contributed by atoms with Crippen molar-refractivity contribution in [1.82, 2.24) is 9.97 Å². The Hall–Kier alpha value is -3.27. The predicted octanol–water partition coefficient (Wildman–Crippen LogP) is 0.621. The van der Waals surface area contributed by atoms with E-state index in [2.05, 4.69) is 20.6 Å². The van der Waals surface area contributed by atoms with E-state index in [0.717, 1.165) is 0 Å². The van der Waals surface area contributed by atoms with Crippen LogP contribution >= 0.6 is 12.2 Å². The zero-order valence-corrected chi connectivity index (χ0v) is 14.8. The van der Waals surface area contributed by atoms with Gasteiger partial charge in [0.1, 0.15) is 16.8 Å². The molecule has 1 unspecified atom stereocenters. The summed E-state index contributed by atoms with van der Waals surface area (Å²) in [5, 5.41) is 5.68. The van der Waals surface area contributed by atoms with Gasteiger partial charge in [-0.15, -0.1) is 0 Å². The lowest BCUT2D eigenvalue weighted by atomic mass is 10.2. The molecule has 1 atom stereocenters. The number of anilines is 3. The zero-order valence-electron chi connectivity index (χ0n) is 14.0. The maximum Gasteiger partial charge on any atom is 0.271 e. The second-order valence-corrected chi connectivity index (χ2v) is 5.77. The van der Waals surface area contributed by atoms with E-state index in [1.165, 1.54) is 6.20 Å². The quantitative estimate of drug-likeness (QED) is 0.348. The summed E-state index contributed by atoms with van der Waals surface area (Å²) in [7, 11) is 0. The van der Waals surface area contributed by atoms with E-state index in [1.807, 2.05) is 0 Å². The molecular weight excluding hydrogens is 354 g/mol. The number of thiocarbonyl (C=S) groups is 1. The van der Waals surface area contributed by atoms with Gasteiger partial charge in [0.25, 0.3) is 5.91 Å². The molecule has 1 aromatic carbocycles. The highest BCUT2D eigenvalue weighted by Crippen LogP contribution is 2.18. The summed E-state index contributed by atoms with van der Waals surface area (Å²) in [4.78, 5) is 31.5. The number of aromatic nitrogens is 2. The second-order valence-electron chi connectivity index (χ2n) is 5.37. The van der Waals surface area contributed by atoms with Crippen LogP contribution in [0, 0.1) is 0 Å². The van der Waals surface area contributed by atoms with Crippen molar-refractivity contribution in [2.75, 3.05) is 16.4 Å². The predicted molar refractivity (Wildman–Crippen MR) is 104 cm³/mol. The van der Waals surface area contributed by atoms with E-state index in [1.54, 1.807) is 31.2 Å². The molecule has 0 aliphatic rings. The molecule has 1 aromatic heterocycles. The molecule has 0 saturated carbocycles. The number of nitrogens with one attached hydrogen (secondary N) is 2. The molecule has 0 aliphatic heterocycles. The van der Waals surface area contributed by atoms with Crippen molar-refractivity contribution >= 4 is 46.3 Å². The molecule has 9 nitrogen and oxygen atoms in total. The van der Waals surface area contributed by atoms with Crippen LogP contribution in [0.4, 0.5) is 17.3 Å². The molecule has 0 saturated heterocycles. The van der Waals surface area contributed by atoms with Crippen molar-refractivity contribution in [3.8, 4) is 0 Å². The van der Waals surface area contributed by atoms with Crippen molar-refractivity contribution in [2.45, 2.75) is 19.4 Å². The highest BCUT2D eigenvalue weighted by molar-refractivity contribution is 7.81. The van der Waals surface area contributed by atoms with Crippen molar-refractivity contribution in [2.24, 2.45) is 11.5 Å². The Labute approximate surface area is 155 Å². The van der Waals surface area contributed by atoms with Gasteiger partial charge in [0, 0.05) is 11.3 Å². The summed E-state index contributed by atoms with van der Waals surface area (Å²) < 4.78 is 0. The normalized spacial score (nSPS) is 11.4. The molecule has 0 spiro atoms. The van der Waals surface area contributed by atoms with Gasteiger partial charge in [-0.2, -0.15) is 0 Å². The molecule has 10 heteroatoms. The number of nitrogen functional groups attached to an aromatic ring is 1. The first-order chi connectivity index (χ1) is 12.3. The minimum absolute atomic E-state index is 0.0510. The van der Waals surface area contributed by atoms with Crippen LogP contribution in [-0.2, 0) is 4.79 Å². The van der Waals surface area contributed by atoms with Crippen molar-refractivity contribution < 1.29 is 9.59 Å². The van der Waals surface area contributed by atoms with Crippen molar-refractivity contribution in [1.29, 1.82) is 0 Å². The molecule has 1 heterocycles. The fourth-order valence-electron chi connectivity index (χ4n) is 2.16. The van der Waals surface area contributed by atoms with Crippen LogP contribution < -0.4 is 27.8 Å². The van der Waals surface area contributed by atoms with E-state index < -0.39 is 17.9 Å². The van der Waals surface area contributed by atoms with Crippen LogP contribution in [0.2, 0.25) is 0 Å². The maximum atomic E-state index is 11.6. The van der Waals surface area contributed by atoms with Crippen LogP contribution in [0.5, 0.6) is 0 Å². The molecule has 0 bridgehead atoms. The number of primary amides is 2. The maximum absolute atomic E-state index is 11.6. The Morgan fingerprint density at radius 1 is 1.27 bits per heavy atom. The van der Waals surface area contributed by atoms with Gasteiger partial charge in [0.15, 0.2) is 11.5 Å². The van der Waals surface area contributed by atoms with Gasteiger partial charge >= 0.3 is 0 Å². The van der Waals surface area contributed by atoms with Crippen LogP contribution in [0.25, 0.3) is 0 Å². The number of carbonyl (C=O) groups is 2. The summed E-state index contributed by atoms with van der Waals surface area (Å²) in [5.74, 6) is -1.02. The molecule has 0 fully saturated rings. The van der Waals surface area contributed by atoms with Crippen LogP contribution in [0.3, 0.4) is 0 Å². The monoisotopic (exact) mass is 373 g/mol. The topological polar surface area (TPSA) is 162 Å². The van der Waals surface area contributed by atoms with Crippen LogP contribution in [0.1, 0.15) is 29.4 Å². The largest absolute Gasteiger partial charge is 0.398 e. The van der Waals surface area contributed by atoms with Gasteiger partial charge in [0.05, 0.1) is 6.20 Å².